The quantitative estimate of drug-likeness (QED) is 0.452. The minimum Gasteiger partial charge on any atom is -0.497 e. The number of hydrogen-bond donors (Lipinski definition) is 2. The van der Waals surface area contributed by atoms with Crippen LogP contribution in [0, 0.1) is 29.5 Å². The highest BCUT2D eigenvalue weighted by Crippen LogP contribution is 2.55. The van der Waals surface area contributed by atoms with Gasteiger partial charge in [-0.15, -0.1) is 0 Å². The first-order valence-electron chi connectivity index (χ1n) is 14.5. The molecule has 1 spiro atoms. The molecule has 2 saturated heterocycles. The van der Waals surface area contributed by atoms with E-state index in [1.807, 2.05) is 24.3 Å². The van der Waals surface area contributed by atoms with E-state index in [1.54, 1.807) is 24.2 Å². The number of methoxy groups -OCH3 is 1. The Labute approximate surface area is 249 Å². The van der Waals surface area contributed by atoms with Gasteiger partial charge in [0.1, 0.15) is 23.2 Å². The number of rotatable bonds is 7. The van der Waals surface area contributed by atoms with Crippen molar-refractivity contribution in [1.82, 2.24) is 10.2 Å². The van der Waals surface area contributed by atoms with E-state index in [4.69, 9.17) is 21.1 Å². The molecule has 4 aliphatic rings. The predicted molar refractivity (Wildman–Crippen MR) is 155 cm³/mol. The lowest BCUT2D eigenvalue weighted by atomic mass is 9.73. The van der Waals surface area contributed by atoms with Crippen LogP contribution in [0.4, 0.5) is 10.1 Å². The number of amides is 3. The third-order valence-corrected chi connectivity index (χ3v) is 9.92. The zero-order valence-electron chi connectivity index (χ0n) is 23.8. The predicted octanol–water partition coefficient (Wildman–Crippen LogP) is 4.72. The van der Waals surface area contributed by atoms with Crippen LogP contribution in [0.15, 0.2) is 54.6 Å². The highest BCUT2D eigenvalue weighted by atomic mass is 35.5. The minimum absolute atomic E-state index is 0.0182. The number of hydrogen-bond acceptors (Lipinski definition) is 5. The molecule has 2 N–H and O–H groups in total. The van der Waals surface area contributed by atoms with E-state index in [-0.39, 0.29) is 35.3 Å². The summed E-state index contributed by atoms with van der Waals surface area (Å²) in [6, 6.07) is 10.3. The van der Waals surface area contributed by atoms with Crippen LogP contribution in [0.5, 0.6) is 5.75 Å². The lowest BCUT2D eigenvalue weighted by Crippen LogP contribution is -2.57. The highest BCUT2D eigenvalue weighted by molar-refractivity contribution is 6.31. The van der Waals surface area contributed by atoms with Gasteiger partial charge >= 0.3 is 0 Å². The first-order valence-corrected chi connectivity index (χ1v) is 14.9. The molecule has 8 atom stereocenters. The molecule has 0 aromatic heterocycles. The van der Waals surface area contributed by atoms with Crippen molar-refractivity contribution < 1.29 is 28.2 Å². The summed E-state index contributed by atoms with van der Waals surface area (Å²) in [7, 11) is 1.57. The van der Waals surface area contributed by atoms with Gasteiger partial charge in [-0.25, -0.2) is 4.39 Å². The SMILES string of the molecule is COc1cccc(CN2C(=O)[C@@H]3[C@H](C(=O)Nc4ccc(F)c(Cl)c4)[C@@H]4C=C[C@@]3(O4)[C@@H]2C(=O)N[C@@H]2CCC[C@H](C)[C@H]2C)c1. The molecular formula is C32H35ClFN3O5. The smallest absolute Gasteiger partial charge is 0.246 e. The van der Waals surface area contributed by atoms with E-state index in [9.17, 15) is 18.8 Å². The van der Waals surface area contributed by atoms with Gasteiger partial charge in [-0.05, 0) is 54.2 Å². The standard InChI is InChI=1S/C32H35ClFN3O5/c1-17-6-4-9-24(18(17)2)36-30(39)28-32-13-12-25(42-32)26(29(38)35-20-10-11-23(34)22(33)15-20)27(32)31(40)37(28)16-19-7-5-8-21(14-19)41-3/h5,7-8,10-15,17-18,24-28H,4,6,9,16H2,1-3H3,(H,35,38)(H,36,39)/t17-,18+,24+,25-,26+,27-,28-,32-/m0/s1. The largest absolute Gasteiger partial charge is 0.497 e. The number of carbonyl (C=O) groups excluding carboxylic acids is 3. The fraction of sp³-hybridized carbons (Fsp3) is 0.469. The lowest BCUT2D eigenvalue weighted by molar-refractivity contribution is -0.142. The Balaban J connectivity index is 1.33. The van der Waals surface area contributed by atoms with E-state index in [2.05, 4.69) is 24.5 Å². The van der Waals surface area contributed by atoms with Crippen molar-refractivity contribution in [3.63, 3.8) is 0 Å². The number of fused-ring (bicyclic) bond motifs is 1. The Morgan fingerprint density at radius 1 is 1.17 bits per heavy atom. The summed E-state index contributed by atoms with van der Waals surface area (Å²) in [5, 5.41) is 5.91. The third kappa shape index (κ3) is 4.76. The summed E-state index contributed by atoms with van der Waals surface area (Å²) >= 11 is 5.93. The van der Waals surface area contributed by atoms with E-state index >= 15 is 0 Å². The summed E-state index contributed by atoms with van der Waals surface area (Å²) in [5.74, 6) is -2.06. The van der Waals surface area contributed by atoms with Gasteiger partial charge in [-0.2, -0.15) is 0 Å². The first-order chi connectivity index (χ1) is 20.1. The van der Waals surface area contributed by atoms with Crippen LogP contribution in [0.2, 0.25) is 5.02 Å². The summed E-state index contributed by atoms with van der Waals surface area (Å²) in [5.41, 5.74) is -0.200. The average molecular weight is 596 g/mol. The molecule has 42 heavy (non-hydrogen) atoms. The zero-order chi connectivity index (χ0) is 29.8. The molecule has 3 amide bonds. The molecule has 2 aromatic rings. The maximum Gasteiger partial charge on any atom is 0.246 e. The second-order valence-corrected chi connectivity index (χ2v) is 12.4. The molecule has 10 heteroatoms. The molecule has 0 radical (unpaired) electrons. The van der Waals surface area contributed by atoms with Crippen LogP contribution < -0.4 is 15.4 Å². The fourth-order valence-corrected chi connectivity index (χ4v) is 7.43. The lowest BCUT2D eigenvalue weighted by Gasteiger charge is -2.38. The molecule has 3 fully saturated rings. The number of halogens is 2. The molecule has 1 saturated carbocycles. The van der Waals surface area contributed by atoms with Gasteiger partial charge in [0.25, 0.3) is 0 Å². The van der Waals surface area contributed by atoms with Crippen LogP contribution in [-0.2, 0) is 25.7 Å². The second-order valence-electron chi connectivity index (χ2n) is 12.0. The number of likely N-dealkylation sites (tertiary alicyclic amines) is 1. The molecule has 0 unspecified atom stereocenters. The third-order valence-electron chi connectivity index (χ3n) is 9.63. The van der Waals surface area contributed by atoms with Gasteiger partial charge in [-0.1, -0.05) is 62.6 Å². The summed E-state index contributed by atoms with van der Waals surface area (Å²) in [6.45, 7) is 4.50. The van der Waals surface area contributed by atoms with Gasteiger partial charge in [0, 0.05) is 18.3 Å². The van der Waals surface area contributed by atoms with Crippen molar-refractivity contribution in [2.45, 2.75) is 63.4 Å². The molecule has 222 valence electrons. The monoisotopic (exact) mass is 595 g/mol. The first kappa shape index (κ1) is 28.7. The Morgan fingerprint density at radius 3 is 2.74 bits per heavy atom. The maximum atomic E-state index is 14.3. The molecule has 6 rings (SSSR count). The van der Waals surface area contributed by atoms with Gasteiger partial charge < -0.3 is 25.0 Å². The Kier molecular flexibility index (Phi) is 7.51. The van der Waals surface area contributed by atoms with E-state index < -0.39 is 41.3 Å². The molecular weight excluding hydrogens is 561 g/mol. The van der Waals surface area contributed by atoms with Gasteiger partial charge in [0.05, 0.1) is 30.1 Å². The number of carbonyl (C=O) groups is 3. The molecule has 3 aliphatic heterocycles. The number of ether oxygens (including phenoxy) is 2. The molecule has 8 nitrogen and oxygen atoms in total. The van der Waals surface area contributed by atoms with Crippen molar-refractivity contribution in [3.05, 3.63) is 71.0 Å². The van der Waals surface area contributed by atoms with E-state index in [1.165, 1.54) is 18.2 Å². The van der Waals surface area contributed by atoms with E-state index in [0.717, 1.165) is 24.8 Å². The van der Waals surface area contributed by atoms with Crippen LogP contribution in [0.25, 0.3) is 0 Å². The van der Waals surface area contributed by atoms with Gasteiger partial charge in [0.15, 0.2) is 0 Å². The topological polar surface area (TPSA) is 97.0 Å². The zero-order valence-corrected chi connectivity index (χ0v) is 24.6. The van der Waals surface area contributed by atoms with Crippen LogP contribution in [0.3, 0.4) is 0 Å². The number of benzene rings is 2. The molecule has 2 bridgehead atoms. The normalized spacial score (nSPS) is 33.0. The number of nitrogens with zero attached hydrogens (tertiary/aromatic N) is 1. The summed E-state index contributed by atoms with van der Waals surface area (Å²) < 4.78 is 25.5. The van der Waals surface area contributed by atoms with Gasteiger partial charge in [0.2, 0.25) is 17.7 Å². The molecule has 2 aromatic carbocycles. The van der Waals surface area contributed by atoms with Crippen molar-refractivity contribution in [3.8, 4) is 5.75 Å². The summed E-state index contributed by atoms with van der Waals surface area (Å²) in [6.07, 6.45) is 5.89. The van der Waals surface area contributed by atoms with Crippen molar-refractivity contribution >= 4 is 35.0 Å². The highest BCUT2D eigenvalue weighted by Gasteiger charge is 2.72. The molecule has 1 aliphatic carbocycles. The van der Waals surface area contributed by atoms with Crippen molar-refractivity contribution in [1.29, 1.82) is 0 Å². The average Bonchev–Trinajstić information content (AvgIpc) is 3.61. The number of anilines is 1. The fourth-order valence-electron chi connectivity index (χ4n) is 7.25. The minimum atomic E-state index is -1.29. The Hall–Kier alpha value is -3.43. The van der Waals surface area contributed by atoms with Crippen molar-refractivity contribution in [2.75, 3.05) is 12.4 Å². The van der Waals surface area contributed by atoms with Crippen LogP contribution >= 0.6 is 11.6 Å². The maximum absolute atomic E-state index is 14.3. The van der Waals surface area contributed by atoms with Crippen LogP contribution in [0.1, 0.15) is 38.7 Å². The van der Waals surface area contributed by atoms with Crippen LogP contribution in [-0.4, -0.2) is 53.5 Å². The number of nitrogens with one attached hydrogen (secondary N) is 2. The Morgan fingerprint density at radius 2 is 1.98 bits per heavy atom. The summed E-state index contributed by atoms with van der Waals surface area (Å²) in [4.78, 5) is 43.7. The Bertz CT molecular complexity index is 1450. The van der Waals surface area contributed by atoms with E-state index in [0.29, 0.717) is 17.4 Å². The van der Waals surface area contributed by atoms with Gasteiger partial charge in [-0.3, -0.25) is 14.4 Å². The molecule has 3 heterocycles. The second kappa shape index (κ2) is 11.0. The van der Waals surface area contributed by atoms with Crippen molar-refractivity contribution in [2.24, 2.45) is 23.7 Å².